The van der Waals surface area contributed by atoms with Gasteiger partial charge in [0.05, 0.1) is 14.2 Å². The van der Waals surface area contributed by atoms with Gasteiger partial charge in [0.1, 0.15) is 0 Å². The Labute approximate surface area is 189 Å². The zero-order valence-corrected chi connectivity index (χ0v) is 18.7. The van der Waals surface area contributed by atoms with E-state index in [9.17, 15) is 4.79 Å². The maximum absolute atomic E-state index is 12.2. The van der Waals surface area contributed by atoms with Crippen LogP contribution in [0.3, 0.4) is 0 Å². The molecule has 164 valence electrons. The Morgan fingerprint density at radius 3 is 2.48 bits per heavy atom. The molecule has 0 bridgehead atoms. The topological polar surface area (TPSA) is 71.6 Å². The molecule has 0 aliphatic heterocycles. The first kappa shape index (κ1) is 25.6. The molecule has 1 atom stereocenters. The van der Waals surface area contributed by atoms with Crippen LogP contribution < -0.4 is 16.0 Å². The second kappa shape index (κ2) is 14.5. The fourth-order valence-electron chi connectivity index (χ4n) is 2.45. The highest BCUT2D eigenvalue weighted by molar-refractivity contribution is 7.80. The molecule has 0 aromatic rings. The van der Waals surface area contributed by atoms with E-state index in [2.05, 4.69) is 35.7 Å². The van der Waals surface area contributed by atoms with Gasteiger partial charge in [-0.15, -0.1) is 0 Å². The molecular weight excluding hydrogens is 410 g/mol. The number of carbonyl (C=O) groups excluding carboxylic acids is 1. The predicted octanol–water partition coefficient (Wildman–Crippen LogP) is 3.49. The number of carbonyl (C=O) groups is 1. The van der Waals surface area contributed by atoms with Crippen molar-refractivity contribution in [1.82, 2.24) is 16.0 Å². The summed E-state index contributed by atoms with van der Waals surface area (Å²) in [6.07, 6.45) is 19.3. The van der Waals surface area contributed by atoms with Crippen molar-refractivity contribution < 1.29 is 14.3 Å². The van der Waals surface area contributed by atoms with Gasteiger partial charge in [-0.05, 0) is 42.1 Å². The third-order valence-electron chi connectivity index (χ3n) is 3.95. The van der Waals surface area contributed by atoms with Crippen molar-refractivity contribution in [1.29, 1.82) is 0 Å². The molecule has 0 radical (unpaired) electrons. The molecule has 0 saturated carbocycles. The molecule has 7 heteroatoms. The lowest BCUT2D eigenvalue weighted by atomic mass is 10.2. The van der Waals surface area contributed by atoms with Gasteiger partial charge in [-0.1, -0.05) is 56.2 Å². The summed E-state index contributed by atoms with van der Waals surface area (Å²) < 4.78 is 10.3. The molecule has 0 aromatic carbocycles. The third-order valence-corrected chi connectivity index (χ3v) is 4.15. The van der Waals surface area contributed by atoms with Crippen molar-refractivity contribution in [3.63, 3.8) is 0 Å². The van der Waals surface area contributed by atoms with Crippen LogP contribution in [0.1, 0.15) is 0 Å². The summed E-state index contributed by atoms with van der Waals surface area (Å²) in [5, 5.41) is 9.17. The molecule has 1 rings (SSSR count). The van der Waals surface area contributed by atoms with E-state index < -0.39 is 5.91 Å². The summed E-state index contributed by atoms with van der Waals surface area (Å²) in [5.41, 5.74) is 1.77. The first-order valence-electron chi connectivity index (χ1n) is 9.46. The monoisotopic (exact) mass is 439 g/mol. The summed E-state index contributed by atoms with van der Waals surface area (Å²) in [6, 6.07) is -0.0372. The largest absolute Gasteiger partial charge is 0.493 e. The molecule has 1 unspecified atom stereocenters. The number of ether oxygens (including phenoxy) is 2. The number of nitrogens with one attached hydrogen (secondary N) is 3. The lowest BCUT2D eigenvalue weighted by molar-refractivity contribution is -0.115. The highest BCUT2D eigenvalue weighted by Crippen LogP contribution is 2.09. The standard InChI is InChI=1S/C24H29N3O3S/c1-6-11-18(7-2)17-25-19-12-9-10-13-20(16-19)26-24(31)27-23(28)15-14-22(30-5)21(8-3)29-4/h6-16,19,25H,1-3,17H2,4-5H3,(H2,26,27,28,31)/b15-14+,18-11+,22-21-. The second-order valence-electron chi connectivity index (χ2n) is 6.07. The Kier molecular flexibility index (Phi) is 12.0. The minimum atomic E-state index is -0.414. The fraction of sp³-hybridized carbons (Fsp3) is 0.167. The van der Waals surface area contributed by atoms with E-state index in [1.807, 2.05) is 36.5 Å². The van der Waals surface area contributed by atoms with Gasteiger partial charge in [0.25, 0.3) is 0 Å². The van der Waals surface area contributed by atoms with Crippen LogP contribution in [0.2, 0.25) is 0 Å². The van der Waals surface area contributed by atoms with E-state index in [1.54, 1.807) is 12.2 Å². The lowest BCUT2D eigenvalue weighted by Crippen LogP contribution is -2.38. The Balaban J connectivity index is 2.72. The van der Waals surface area contributed by atoms with E-state index in [-0.39, 0.29) is 11.2 Å². The van der Waals surface area contributed by atoms with Crippen LogP contribution in [0.15, 0.2) is 109 Å². The number of allylic oxidation sites excluding steroid dienone is 7. The molecular formula is C24H29N3O3S. The van der Waals surface area contributed by atoms with Crippen molar-refractivity contribution in [2.45, 2.75) is 6.04 Å². The summed E-state index contributed by atoms with van der Waals surface area (Å²) >= 11 is 5.25. The zero-order valence-electron chi connectivity index (χ0n) is 17.9. The molecule has 1 aliphatic rings. The fourth-order valence-corrected chi connectivity index (χ4v) is 2.67. The van der Waals surface area contributed by atoms with Gasteiger partial charge in [-0.25, -0.2) is 0 Å². The SMILES string of the molecule is C=C/C=C(\C=C)CNC1C=CC=CC(NC(=S)NC(=O)/C=C/C(OC)=C(\C=C)OC)=C1. The van der Waals surface area contributed by atoms with Gasteiger partial charge < -0.3 is 20.1 Å². The van der Waals surface area contributed by atoms with Crippen LogP contribution in [0.5, 0.6) is 0 Å². The van der Waals surface area contributed by atoms with Gasteiger partial charge in [-0.2, -0.15) is 0 Å². The number of hydrogen-bond acceptors (Lipinski definition) is 5. The van der Waals surface area contributed by atoms with Gasteiger partial charge in [-0.3, -0.25) is 10.1 Å². The van der Waals surface area contributed by atoms with Gasteiger partial charge in [0.15, 0.2) is 16.6 Å². The van der Waals surface area contributed by atoms with Crippen LogP contribution in [0.4, 0.5) is 0 Å². The molecule has 31 heavy (non-hydrogen) atoms. The maximum atomic E-state index is 12.2. The van der Waals surface area contributed by atoms with E-state index in [0.29, 0.717) is 18.1 Å². The van der Waals surface area contributed by atoms with Gasteiger partial charge in [0.2, 0.25) is 5.91 Å². The van der Waals surface area contributed by atoms with Crippen molar-refractivity contribution in [2.24, 2.45) is 0 Å². The smallest absolute Gasteiger partial charge is 0.250 e. The maximum Gasteiger partial charge on any atom is 0.250 e. The van der Waals surface area contributed by atoms with E-state index in [4.69, 9.17) is 21.7 Å². The molecule has 0 aromatic heterocycles. The average molecular weight is 440 g/mol. The molecule has 0 saturated heterocycles. The number of methoxy groups -OCH3 is 2. The van der Waals surface area contributed by atoms with Crippen LogP contribution in [0.25, 0.3) is 0 Å². The number of thiocarbonyl (C=S) groups is 1. The zero-order chi connectivity index (χ0) is 23.1. The summed E-state index contributed by atoms with van der Waals surface area (Å²) in [7, 11) is 2.96. The van der Waals surface area contributed by atoms with Crippen LogP contribution >= 0.6 is 12.2 Å². The van der Waals surface area contributed by atoms with Crippen molar-refractivity contribution in [3.05, 3.63) is 109 Å². The summed E-state index contributed by atoms with van der Waals surface area (Å²) in [5.74, 6) is 0.364. The summed E-state index contributed by atoms with van der Waals surface area (Å²) in [4.78, 5) is 12.2. The minimum absolute atomic E-state index is 0.0372. The average Bonchev–Trinajstić information content (AvgIpc) is 2.98. The Bertz CT molecular complexity index is 877. The number of amides is 1. The predicted molar refractivity (Wildman–Crippen MR) is 131 cm³/mol. The van der Waals surface area contributed by atoms with Crippen LogP contribution in [-0.4, -0.2) is 37.8 Å². The Morgan fingerprint density at radius 1 is 1.13 bits per heavy atom. The van der Waals surface area contributed by atoms with Crippen molar-refractivity contribution in [3.8, 4) is 0 Å². The number of rotatable bonds is 11. The van der Waals surface area contributed by atoms with Gasteiger partial charge in [0, 0.05) is 24.4 Å². The molecule has 0 heterocycles. The quantitative estimate of drug-likeness (QED) is 0.198. The minimum Gasteiger partial charge on any atom is -0.493 e. The van der Waals surface area contributed by atoms with Crippen molar-refractivity contribution >= 4 is 23.2 Å². The van der Waals surface area contributed by atoms with Crippen LogP contribution in [-0.2, 0) is 14.3 Å². The highest BCUT2D eigenvalue weighted by Gasteiger charge is 2.08. The molecule has 1 aliphatic carbocycles. The second-order valence-corrected chi connectivity index (χ2v) is 6.48. The molecule has 6 nitrogen and oxygen atoms in total. The molecule has 1 amide bonds. The van der Waals surface area contributed by atoms with Crippen LogP contribution in [0, 0.1) is 0 Å². The molecule has 3 N–H and O–H groups in total. The molecule has 0 fully saturated rings. The first-order valence-corrected chi connectivity index (χ1v) is 9.87. The van der Waals surface area contributed by atoms with Gasteiger partial charge >= 0.3 is 0 Å². The Hall–Kier alpha value is -3.42. The van der Waals surface area contributed by atoms with E-state index in [1.165, 1.54) is 32.4 Å². The van der Waals surface area contributed by atoms with E-state index in [0.717, 1.165) is 11.3 Å². The summed E-state index contributed by atoms with van der Waals surface area (Å²) in [6.45, 7) is 11.8. The first-order chi connectivity index (χ1) is 15.0. The van der Waals surface area contributed by atoms with E-state index >= 15 is 0 Å². The highest BCUT2D eigenvalue weighted by atomic mass is 32.1. The lowest BCUT2D eigenvalue weighted by Gasteiger charge is -2.14. The van der Waals surface area contributed by atoms with Crippen molar-refractivity contribution in [2.75, 3.05) is 20.8 Å². The normalized spacial score (nSPS) is 16.5. The number of hydrogen-bond donors (Lipinski definition) is 3. The Morgan fingerprint density at radius 2 is 1.87 bits per heavy atom. The third kappa shape index (κ3) is 9.75. The molecule has 0 spiro atoms.